The van der Waals surface area contributed by atoms with Crippen LogP contribution in [0.4, 0.5) is 5.95 Å². The van der Waals surface area contributed by atoms with E-state index in [-0.39, 0.29) is 0 Å². The molecule has 0 aliphatic carbocycles. The summed E-state index contributed by atoms with van der Waals surface area (Å²) in [6.45, 7) is 10.1. The number of hydrogen-bond donors (Lipinski definition) is 1. The lowest BCUT2D eigenvalue weighted by Gasteiger charge is -2.17. The lowest BCUT2D eigenvalue weighted by molar-refractivity contribution is 0.442. The maximum absolute atomic E-state index is 4.39. The van der Waals surface area contributed by atoms with E-state index in [0.29, 0.717) is 6.04 Å². The molecule has 1 heterocycles. The molecule has 1 unspecified atom stereocenters. The lowest BCUT2D eigenvalue weighted by Crippen LogP contribution is -2.12. The third-order valence-electron chi connectivity index (χ3n) is 3.12. The number of nitrogens with zero attached hydrogens (tertiary/aromatic N) is 2. The van der Waals surface area contributed by atoms with Gasteiger partial charge in [-0.15, -0.1) is 0 Å². The molecule has 0 saturated carbocycles. The molecule has 0 spiro atoms. The highest BCUT2D eigenvalue weighted by Crippen LogP contribution is 2.20. The Bertz CT molecular complexity index is 304. The van der Waals surface area contributed by atoms with Gasteiger partial charge in [-0.2, -0.15) is 0 Å². The maximum atomic E-state index is 4.39. The number of hydrogen-bond acceptors (Lipinski definition) is 2. The molecule has 0 saturated heterocycles. The van der Waals surface area contributed by atoms with Crippen LogP contribution in [0.25, 0.3) is 0 Å². The zero-order chi connectivity index (χ0) is 12.7. The van der Waals surface area contributed by atoms with E-state index in [0.717, 1.165) is 18.4 Å². The van der Waals surface area contributed by atoms with Gasteiger partial charge in [0.15, 0.2) is 0 Å². The molecule has 1 aromatic heterocycles. The van der Waals surface area contributed by atoms with Crippen LogP contribution in [0.2, 0.25) is 0 Å². The summed E-state index contributed by atoms with van der Waals surface area (Å²) in [5.41, 5.74) is 0. The van der Waals surface area contributed by atoms with E-state index in [1.54, 1.807) is 0 Å². The first kappa shape index (κ1) is 14.1. The largest absolute Gasteiger partial charge is 0.356 e. The van der Waals surface area contributed by atoms with Gasteiger partial charge >= 0.3 is 0 Å². The molecule has 1 atom stereocenters. The summed E-state index contributed by atoms with van der Waals surface area (Å²) < 4.78 is 2.26. The van der Waals surface area contributed by atoms with E-state index in [9.17, 15) is 0 Å². The van der Waals surface area contributed by atoms with Crippen LogP contribution in [0, 0.1) is 5.92 Å². The van der Waals surface area contributed by atoms with E-state index < -0.39 is 0 Å². The second-order valence-electron chi connectivity index (χ2n) is 5.26. The molecular formula is C14H27N3. The molecule has 0 aliphatic rings. The van der Waals surface area contributed by atoms with Crippen LogP contribution >= 0.6 is 0 Å². The molecule has 0 bridgehead atoms. The molecule has 0 aliphatic heterocycles. The van der Waals surface area contributed by atoms with Gasteiger partial charge in [0.25, 0.3) is 0 Å². The van der Waals surface area contributed by atoms with Gasteiger partial charge in [-0.3, -0.25) is 0 Å². The van der Waals surface area contributed by atoms with E-state index in [2.05, 4.69) is 48.8 Å². The van der Waals surface area contributed by atoms with Gasteiger partial charge in [-0.05, 0) is 32.1 Å². The highest BCUT2D eigenvalue weighted by Gasteiger charge is 2.09. The Morgan fingerprint density at radius 1 is 1.29 bits per heavy atom. The Morgan fingerprint density at radius 2 is 2.06 bits per heavy atom. The van der Waals surface area contributed by atoms with Crippen molar-refractivity contribution in [3.8, 4) is 0 Å². The first-order valence-electron chi connectivity index (χ1n) is 6.91. The minimum absolute atomic E-state index is 0.532. The van der Waals surface area contributed by atoms with Crippen LogP contribution in [0.15, 0.2) is 12.4 Å². The van der Waals surface area contributed by atoms with Gasteiger partial charge in [-0.25, -0.2) is 4.98 Å². The molecule has 0 amide bonds. The van der Waals surface area contributed by atoms with Crippen molar-refractivity contribution in [3.05, 3.63) is 12.4 Å². The molecule has 1 rings (SSSR count). The molecule has 17 heavy (non-hydrogen) atoms. The van der Waals surface area contributed by atoms with Crippen molar-refractivity contribution in [2.45, 2.75) is 59.4 Å². The zero-order valence-electron chi connectivity index (χ0n) is 11.7. The number of rotatable bonds is 8. The highest BCUT2D eigenvalue weighted by atomic mass is 15.2. The van der Waals surface area contributed by atoms with Crippen LogP contribution in [0.5, 0.6) is 0 Å². The average molecular weight is 237 g/mol. The number of unbranched alkanes of at least 4 members (excludes halogenated alkanes) is 1. The predicted octanol–water partition coefficient (Wildman–Crippen LogP) is 4.09. The monoisotopic (exact) mass is 237 g/mol. The summed E-state index contributed by atoms with van der Waals surface area (Å²) in [6.07, 6.45) is 8.88. The fraction of sp³-hybridized carbons (Fsp3) is 0.786. The summed E-state index contributed by atoms with van der Waals surface area (Å²) in [5, 5.41) is 3.41. The van der Waals surface area contributed by atoms with Crippen molar-refractivity contribution in [1.82, 2.24) is 9.55 Å². The fourth-order valence-electron chi connectivity index (χ4n) is 1.90. The molecule has 98 valence electrons. The van der Waals surface area contributed by atoms with Crippen molar-refractivity contribution >= 4 is 5.95 Å². The van der Waals surface area contributed by atoms with Crippen LogP contribution in [0.1, 0.15) is 59.4 Å². The lowest BCUT2D eigenvalue weighted by atomic mass is 10.0. The smallest absolute Gasteiger partial charge is 0.203 e. The third-order valence-corrected chi connectivity index (χ3v) is 3.12. The standard InChI is InChI=1S/C14H27N3/c1-5-6-9-15-14-16-10-11-17(14)13(4)8-7-12(2)3/h10-13H,5-9H2,1-4H3,(H,15,16). The minimum atomic E-state index is 0.532. The van der Waals surface area contributed by atoms with Crippen LogP contribution in [-0.4, -0.2) is 16.1 Å². The molecular weight excluding hydrogens is 210 g/mol. The molecule has 3 nitrogen and oxygen atoms in total. The number of imidazole rings is 1. The van der Waals surface area contributed by atoms with E-state index in [1.807, 2.05) is 6.20 Å². The van der Waals surface area contributed by atoms with Gasteiger partial charge in [-0.1, -0.05) is 27.2 Å². The van der Waals surface area contributed by atoms with Crippen molar-refractivity contribution in [1.29, 1.82) is 0 Å². The third kappa shape index (κ3) is 4.80. The van der Waals surface area contributed by atoms with Gasteiger partial charge in [0.2, 0.25) is 5.95 Å². The van der Waals surface area contributed by atoms with Crippen LogP contribution in [0.3, 0.4) is 0 Å². The second-order valence-corrected chi connectivity index (χ2v) is 5.26. The first-order chi connectivity index (χ1) is 8.15. The molecule has 0 fully saturated rings. The van der Waals surface area contributed by atoms with Gasteiger partial charge in [0.05, 0.1) is 0 Å². The number of anilines is 1. The molecule has 1 N–H and O–H groups in total. The van der Waals surface area contributed by atoms with Gasteiger partial charge in [0, 0.05) is 25.0 Å². The summed E-state index contributed by atoms with van der Waals surface area (Å²) >= 11 is 0. The normalized spacial score (nSPS) is 13.0. The Kier molecular flexibility index (Phi) is 6.09. The summed E-state index contributed by atoms with van der Waals surface area (Å²) in [4.78, 5) is 4.39. The van der Waals surface area contributed by atoms with Crippen molar-refractivity contribution in [3.63, 3.8) is 0 Å². The minimum Gasteiger partial charge on any atom is -0.356 e. The molecule has 0 aromatic carbocycles. The maximum Gasteiger partial charge on any atom is 0.203 e. The summed E-state index contributed by atoms with van der Waals surface area (Å²) in [7, 11) is 0. The Labute approximate surface area is 106 Å². The van der Waals surface area contributed by atoms with E-state index in [4.69, 9.17) is 0 Å². The van der Waals surface area contributed by atoms with Crippen LogP contribution < -0.4 is 5.32 Å². The van der Waals surface area contributed by atoms with E-state index >= 15 is 0 Å². The Balaban J connectivity index is 2.48. The predicted molar refractivity (Wildman–Crippen MR) is 74.4 cm³/mol. The average Bonchev–Trinajstić information content (AvgIpc) is 2.74. The van der Waals surface area contributed by atoms with Gasteiger partial charge < -0.3 is 9.88 Å². The Morgan fingerprint density at radius 3 is 2.71 bits per heavy atom. The van der Waals surface area contributed by atoms with Crippen molar-refractivity contribution in [2.24, 2.45) is 5.92 Å². The van der Waals surface area contributed by atoms with E-state index in [1.165, 1.54) is 25.7 Å². The number of nitrogens with one attached hydrogen (secondary N) is 1. The molecule has 1 aromatic rings. The highest BCUT2D eigenvalue weighted by molar-refractivity contribution is 5.26. The molecule has 0 radical (unpaired) electrons. The topological polar surface area (TPSA) is 29.9 Å². The molecule has 3 heteroatoms. The fourth-order valence-corrected chi connectivity index (χ4v) is 1.90. The van der Waals surface area contributed by atoms with Crippen molar-refractivity contribution in [2.75, 3.05) is 11.9 Å². The van der Waals surface area contributed by atoms with Crippen LogP contribution in [-0.2, 0) is 0 Å². The Hall–Kier alpha value is -0.990. The quantitative estimate of drug-likeness (QED) is 0.690. The SMILES string of the molecule is CCCCNc1nccn1C(C)CCC(C)C. The number of aromatic nitrogens is 2. The zero-order valence-corrected chi connectivity index (χ0v) is 11.7. The summed E-state index contributed by atoms with van der Waals surface area (Å²) in [5.74, 6) is 1.80. The van der Waals surface area contributed by atoms with Crippen molar-refractivity contribution < 1.29 is 0 Å². The second kappa shape index (κ2) is 7.36. The first-order valence-corrected chi connectivity index (χ1v) is 6.91. The van der Waals surface area contributed by atoms with Gasteiger partial charge in [0.1, 0.15) is 0 Å². The summed E-state index contributed by atoms with van der Waals surface area (Å²) in [6, 6.07) is 0.532.